The highest BCUT2D eigenvalue weighted by Crippen LogP contribution is 2.33. The van der Waals surface area contributed by atoms with Crippen LogP contribution in [0.5, 0.6) is 0 Å². The first-order chi connectivity index (χ1) is 9.22. The normalized spacial score (nSPS) is 32.2. The van der Waals surface area contributed by atoms with Crippen LogP contribution in [0.4, 0.5) is 0 Å². The van der Waals surface area contributed by atoms with Crippen molar-refractivity contribution in [1.82, 2.24) is 4.90 Å². The molecule has 0 aromatic carbocycles. The van der Waals surface area contributed by atoms with E-state index in [9.17, 15) is 0 Å². The topological polar surface area (TPSA) is 29.3 Å². The van der Waals surface area contributed by atoms with Gasteiger partial charge in [0.05, 0.1) is 0 Å². The molecular weight excluding hydrogens is 232 g/mol. The molecule has 0 amide bonds. The van der Waals surface area contributed by atoms with Crippen LogP contribution in [0.2, 0.25) is 0 Å². The van der Waals surface area contributed by atoms with Gasteiger partial charge in [-0.3, -0.25) is 4.90 Å². The van der Waals surface area contributed by atoms with E-state index in [1.165, 1.54) is 64.2 Å². The van der Waals surface area contributed by atoms with E-state index in [0.717, 1.165) is 24.4 Å². The van der Waals surface area contributed by atoms with Crippen molar-refractivity contribution in [3.63, 3.8) is 0 Å². The maximum absolute atomic E-state index is 6.14. The molecule has 1 atom stereocenters. The van der Waals surface area contributed by atoms with Gasteiger partial charge in [-0.25, -0.2) is 0 Å². The Bertz CT molecular complexity index is 238. The smallest absolute Gasteiger partial charge is 0.0246 e. The summed E-state index contributed by atoms with van der Waals surface area (Å²) in [5, 5.41) is 0. The van der Waals surface area contributed by atoms with E-state index in [1.54, 1.807) is 0 Å². The van der Waals surface area contributed by atoms with Crippen molar-refractivity contribution < 1.29 is 0 Å². The van der Waals surface area contributed by atoms with Gasteiger partial charge in [0.2, 0.25) is 0 Å². The van der Waals surface area contributed by atoms with Crippen molar-refractivity contribution >= 4 is 0 Å². The molecule has 0 aromatic heterocycles. The molecule has 2 heteroatoms. The van der Waals surface area contributed by atoms with Gasteiger partial charge in [-0.05, 0) is 44.6 Å². The van der Waals surface area contributed by atoms with E-state index in [4.69, 9.17) is 5.73 Å². The molecule has 2 aliphatic rings. The third-order valence-corrected chi connectivity index (χ3v) is 5.77. The Morgan fingerprint density at radius 3 is 2.05 bits per heavy atom. The molecule has 0 heterocycles. The van der Waals surface area contributed by atoms with Crippen molar-refractivity contribution in [1.29, 1.82) is 0 Å². The van der Waals surface area contributed by atoms with Gasteiger partial charge in [0, 0.05) is 18.6 Å². The molecule has 0 spiro atoms. The van der Waals surface area contributed by atoms with Gasteiger partial charge in [-0.2, -0.15) is 0 Å². The number of nitrogens with two attached hydrogens (primary N) is 1. The van der Waals surface area contributed by atoms with Crippen molar-refractivity contribution in [2.75, 3.05) is 13.6 Å². The molecule has 2 saturated carbocycles. The highest BCUT2D eigenvalue weighted by Gasteiger charge is 2.31. The van der Waals surface area contributed by atoms with E-state index in [0.29, 0.717) is 6.04 Å². The number of nitrogens with zero attached hydrogens (tertiary/aromatic N) is 1. The highest BCUT2D eigenvalue weighted by atomic mass is 15.2. The van der Waals surface area contributed by atoms with E-state index in [1.807, 2.05) is 0 Å². The zero-order valence-corrected chi connectivity index (χ0v) is 13.1. The Kier molecular flexibility index (Phi) is 6.15. The van der Waals surface area contributed by atoms with Gasteiger partial charge in [0.25, 0.3) is 0 Å². The van der Waals surface area contributed by atoms with Crippen LogP contribution in [0.15, 0.2) is 0 Å². The lowest BCUT2D eigenvalue weighted by molar-refractivity contribution is 0.0903. The fourth-order valence-corrected chi connectivity index (χ4v) is 4.30. The summed E-state index contributed by atoms with van der Waals surface area (Å²) in [5.41, 5.74) is 6.14. The summed E-state index contributed by atoms with van der Waals surface area (Å²) in [6, 6.07) is 1.44. The Morgan fingerprint density at radius 2 is 1.53 bits per heavy atom. The van der Waals surface area contributed by atoms with Crippen LogP contribution in [0.25, 0.3) is 0 Å². The van der Waals surface area contributed by atoms with Crippen LogP contribution in [0.1, 0.15) is 71.1 Å². The lowest BCUT2D eigenvalue weighted by Crippen LogP contribution is -2.49. The molecule has 0 aromatic rings. The molecule has 0 saturated heterocycles. The van der Waals surface area contributed by atoms with Crippen molar-refractivity contribution in [2.45, 2.75) is 83.2 Å². The van der Waals surface area contributed by atoms with Gasteiger partial charge in [0.15, 0.2) is 0 Å². The zero-order valence-electron chi connectivity index (χ0n) is 13.1. The molecule has 2 aliphatic carbocycles. The standard InChI is InChI=1S/C17H34N2/c1-14-9-11-15(12-10-14)17(13-18)19(2)16-7-5-3-4-6-8-16/h14-17H,3-13,18H2,1-2H3. The fraction of sp³-hybridized carbons (Fsp3) is 1.00. The molecule has 1 unspecified atom stereocenters. The van der Waals surface area contributed by atoms with Gasteiger partial charge >= 0.3 is 0 Å². The summed E-state index contributed by atoms with van der Waals surface area (Å²) >= 11 is 0. The molecule has 2 nitrogen and oxygen atoms in total. The maximum atomic E-state index is 6.14. The van der Waals surface area contributed by atoms with E-state index in [2.05, 4.69) is 18.9 Å². The van der Waals surface area contributed by atoms with Crippen molar-refractivity contribution in [2.24, 2.45) is 17.6 Å². The number of hydrogen-bond acceptors (Lipinski definition) is 2. The first kappa shape index (κ1) is 15.3. The molecule has 2 fully saturated rings. The summed E-state index contributed by atoms with van der Waals surface area (Å²) in [7, 11) is 2.35. The van der Waals surface area contributed by atoms with Crippen LogP contribution in [-0.4, -0.2) is 30.6 Å². The predicted molar refractivity (Wildman–Crippen MR) is 83.2 cm³/mol. The molecule has 2 rings (SSSR count). The monoisotopic (exact) mass is 266 g/mol. The maximum Gasteiger partial charge on any atom is 0.0246 e. The zero-order chi connectivity index (χ0) is 13.7. The first-order valence-corrected chi connectivity index (χ1v) is 8.64. The van der Waals surface area contributed by atoms with Gasteiger partial charge in [-0.1, -0.05) is 45.4 Å². The fourth-order valence-electron chi connectivity index (χ4n) is 4.30. The first-order valence-electron chi connectivity index (χ1n) is 8.64. The van der Waals surface area contributed by atoms with Crippen LogP contribution in [-0.2, 0) is 0 Å². The summed E-state index contributed by atoms with van der Waals surface area (Å²) in [6.45, 7) is 3.26. The molecule has 2 N–H and O–H groups in total. The SMILES string of the molecule is CC1CCC(C(CN)N(C)C2CCCCCC2)CC1. The Labute approximate surface area is 120 Å². The molecule has 19 heavy (non-hydrogen) atoms. The Balaban J connectivity index is 1.91. The Morgan fingerprint density at radius 1 is 0.947 bits per heavy atom. The van der Waals surface area contributed by atoms with Crippen molar-refractivity contribution in [3.05, 3.63) is 0 Å². The minimum absolute atomic E-state index is 0.635. The number of hydrogen-bond donors (Lipinski definition) is 1. The highest BCUT2D eigenvalue weighted by molar-refractivity contribution is 4.86. The largest absolute Gasteiger partial charge is 0.329 e. The van der Waals surface area contributed by atoms with E-state index >= 15 is 0 Å². The second-order valence-electron chi connectivity index (χ2n) is 7.13. The van der Waals surface area contributed by atoms with Crippen LogP contribution < -0.4 is 5.73 Å². The number of likely N-dealkylation sites (N-methyl/N-ethyl adjacent to an activating group) is 1. The molecule has 0 aliphatic heterocycles. The summed E-state index contributed by atoms with van der Waals surface area (Å²) in [6.07, 6.45) is 14.2. The third kappa shape index (κ3) is 4.19. The second kappa shape index (κ2) is 7.64. The minimum Gasteiger partial charge on any atom is -0.329 e. The van der Waals surface area contributed by atoms with Crippen LogP contribution >= 0.6 is 0 Å². The summed E-state index contributed by atoms with van der Waals surface area (Å²) in [5.74, 6) is 1.80. The average Bonchev–Trinajstić information content (AvgIpc) is 2.70. The quantitative estimate of drug-likeness (QED) is 0.784. The Hall–Kier alpha value is -0.0800. The van der Waals surface area contributed by atoms with Crippen LogP contribution in [0, 0.1) is 11.8 Å². The lowest BCUT2D eigenvalue weighted by atomic mass is 9.78. The molecule has 0 radical (unpaired) electrons. The lowest BCUT2D eigenvalue weighted by Gasteiger charge is -2.41. The molecule has 112 valence electrons. The predicted octanol–water partition coefficient (Wildman–Crippen LogP) is 3.79. The van der Waals surface area contributed by atoms with E-state index in [-0.39, 0.29) is 0 Å². The van der Waals surface area contributed by atoms with Gasteiger partial charge < -0.3 is 5.73 Å². The second-order valence-corrected chi connectivity index (χ2v) is 7.13. The summed E-state index contributed by atoms with van der Waals surface area (Å²) < 4.78 is 0. The van der Waals surface area contributed by atoms with Crippen molar-refractivity contribution in [3.8, 4) is 0 Å². The minimum atomic E-state index is 0.635. The van der Waals surface area contributed by atoms with Gasteiger partial charge in [0.1, 0.15) is 0 Å². The van der Waals surface area contributed by atoms with Crippen LogP contribution in [0.3, 0.4) is 0 Å². The average molecular weight is 266 g/mol. The summed E-state index contributed by atoms with van der Waals surface area (Å²) in [4.78, 5) is 2.67. The van der Waals surface area contributed by atoms with E-state index < -0.39 is 0 Å². The van der Waals surface area contributed by atoms with Gasteiger partial charge in [-0.15, -0.1) is 0 Å². The molecular formula is C17H34N2. The third-order valence-electron chi connectivity index (χ3n) is 5.77. The number of rotatable bonds is 4. The molecule has 0 bridgehead atoms.